The molecule has 6 heteroatoms. The van der Waals surface area contributed by atoms with Crippen molar-refractivity contribution in [3.05, 3.63) is 59.9 Å². The first-order valence-corrected chi connectivity index (χ1v) is 9.75. The molecule has 0 radical (unpaired) electrons. The fourth-order valence-electron chi connectivity index (χ4n) is 2.77. The number of rotatable bonds is 8. The molecule has 0 aliphatic rings. The van der Waals surface area contributed by atoms with Gasteiger partial charge in [0.1, 0.15) is 5.78 Å². The molecular formula is C20H22N4OS. The third-order valence-electron chi connectivity index (χ3n) is 4.12. The van der Waals surface area contributed by atoms with E-state index in [1.807, 2.05) is 35.8 Å². The quantitative estimate of drug-likeness (QED) is 0.567. The van der Waals surface area contributed by atoms with Gasteiger partial charge < -0.3 is 4.57 Å². The van der Waals surface area contributed by atoms with Crippen LogP contribution in [-0.2, 0) is 24.2 Å². The second kappa shape index (κ2) is 8.76. The van der Waals surface area contributed by atoms with Crippen molar-refractivity contribution in [2.24, 2.45) is 0 Å². The zero-order valence-corrected chi connectivity index (χ0v) is 15.9. The minimum atomic E-state index is 0.192. The highest BCUT2D eigenvalue weighted by Gasteiger charge is 2.15. The molecular weight excluding hydrogens is 344 g/mol. The van der Waals surface area contributed by atoms with Gasteiger partial charge in [-0.25, -0.2) is 0 Å². The summed E-state index contributed by atoms with van der Waals surface area (Å²) in [5, 5.41) is 9.31. The molecule has 0 N–H and O–H groups in total. The zero-order valence-electron chi connectivity index (χ0n) is 15.1. The standard InChI is InChI=1S/C20H22N4OS/c1-3-15-7-5-8-16(11-15)12-18(25)14-26-20-23-22-19(24(20)4-2)17-9-6-10-21-13-17/h5-11,13H,3-4,12,14H2,1-2H3. The summed E-state index contributed by atoms with van der Waals surface area (Å²) in [7, 11) is 0. The molecule has 26 heavy (non-hydrogen) atoms. The molecule has 0 fully saturated rings. The summed E-state index contributed by atoms with van der Waals surface area (Å²) in [4.78, 5) is 16.5. The van der Waals surface area contributed by atoms with Crippen molar-refractivity contribution in [1.29, 1.82) is 0 Å². The summed E-state index contributed by atoms with van der Waals surface area (Å²) in [6.45, 7) is 4.91. The highest BCUT2D eigenvalue weighted by atomic mass is 32.2. The summed E-state index contributed by atoms with van der Waals surface area (Å²) in [5.74, 6) is 1.37. The highest BCUT2D eigenvalue weighted by Crippen LogP contribution is 2.23. The van der Waals surface area contributed by atoms with Gasteiger partial charge in [0.05, 0.1) is 5.75 Å². The molecule has 0 aliphatic carbocycles. The number of carbonyl (C=O) groups is 1. The SMILES string of the molecule is CCc1cccc(CC(=O)CSc2nnc(-c3cccnc3)n2CC)c1. The predicted octanol–water partition coefficient (Wildman–Crippen LogP) is 3.83. The van der Waals surface area contributed by atoms with E-state index >= 15 is 0 Å². The Hall–Kier alpha value is -2.47. The Kier molecular flexibility index (Phi) is 6.17. The maximum atomic E-state index is 12.4. The maximum Gasteiger partial charge on any atom is 0.191 e. The van der Waals surface area contributed by atoms with Gasteiger partial charge in [-0.2, -0.15) is 0 Å². The summed E-state index contributed by atoms with van der Waals surface area (Å²) < 4.78 is 2.02. The molecule has 134 valence electrons. The third-order valence-corrected chi connectivity index (χ3v) is 5.14. The number of hydrogen-bond donors (Lipinski definition) is 0. The summed E-state index contributed by atoms with van der Waals surface area (Å²) in [6, 6.07) is 12.1. The summed E-state index contributed by atoms with van der Waals surface area (Å²) in [5.41, 5.74) is 3.26. The fraction of sp³-hybridized carbons (Fsp3) is 0.300. The minimum Gasteiger partial charge on any atom is -0.302 e. The fourth-order valence-corrected chi connectivity index (χ4v) is 3.63. The average molecular weight is 366 g/mol. The first-order chi connectivity index (χ1) is 12.7. The van der Waals surface area contributed by atoms with Crippen LogP contribution in [0.15, 0.2) is 53.9 Å². The van der Waals surface area contributed by atoms with Crippen LogP contribution in [0.4, 0.5) is 0 Å². The Morgan fingerprint density at radius 3 is 2.69 bits per heavy atom. The lowest BCUT2D eigenvalue weighted by Gasteiger charge is -2.07. The van der Waals surface area contributed by atoms with Gasteiger partial charge in [-0.1, -0.05) is 43.0 Å². The molecule has 3 rings (SSSR count). The van der Waals surface area contributed by atoms with Crippen molar-refractivity contribution in [3.63, 3.8) is 0 Å². The molecule has 0 aliphatic heterocycles. The van der Waals surface area contributed by atoms with Gasteiger partial charge in [-0.15, -0.1) is 10.2 Å². The van der Waals surface area contributed by atoms with Crippen LogP contribution in [0.1, 0.15) is 25.0 Å². The molecule has 1 aromatic carbocycles. The molecule has 0 saturated carbocycles. The van der Waals surface area contributed by atoms with E-state index in [2.05, 4.69) is 34.2 Å². The zero-order chi connectivity index (χ0) is 18.4. The van der Waals surface area contributed by atoms with E-state index in [0.29, 0.717) is 12.2 Å². The van der Waals surface area contributed by atoms with Crippen LogP contribution in [0.3, 0.4) is 0 Å². The predicted molar refractivity (Wildman–Crippen MR) is 104 cm³/mol. The Morgan fingerprint density at radius 2 is 1.96 bits per heavy atom. The number of thioether (sulfide) groups is 1. The first kappa shape index (κ1) is 18.3. The van der Waals surface area contributed by atoms with Gasteiger partial charge in [-0.05, 0) is 36.6 Å². The van der Waals surface area contributed by atoms with Crippen LogP contribution in [0, 0.1) is 0 Å². The topological polar surface area (TPSA) is 60.7 Å². The molecule has 0 unspecified atom stereocenters. The molecule has 0 atom stereocenters. The normalized spacial score (nSPS) is 10.8. The maximum absolute atomic E-state index is 12.4. The number of pyridine rings is 1. The van der Waals surface area contributed by atoms with Gasteiger partial charge in [-0.3, -0.25) is 9.78 Å². The number of nitrogens with zero attached hydrogens (tertiary/aromatic N) is 4. The summed E-state index contributed by atoms with van der Waals surface area (Å²) in [6.07, 6.45) is 4.94. The van der Waals surface area contributed by atoms with Crippen LogP contribution in [0.5, 0.6) is 0 Å². The Bertz CT molecular complexity index is 877. The van der Waals surface area contributed by atoms with Gasteiger partial charge in [0.25, 0.3) is 0 Å². The molecule has 0 amide bonds. The van der Waals surface area contributed by atoms with E-state index in [4.69, 9.17) is 0 Å². The number of benzene rings is 1. The van der Waals surface area contributed by atoms with Gasteiger partial charge in [0.15, 0.2) is 11.0 Å². The van der Waals surface area contributed by atoms with E-state index in [-0.39, 0.29) is 5.78 Å². The minimum absolute atomic E-state index is 0.192. The van der Waals surface area contributed by atoms with Crippen molar-refractivity contribution in [2.75, 3.05) is 5.75 Å². The number of ketones is 1. The van der Waals surface area contributed by atoms with Crippen LogP contribution < -0.4 is 0 Å². The van der Waals surface area contributed by atoms with Crippen molar-refractivity contribution >= 4 is 17.5 Å². The molecule has 0 bridgehead atoms. The number of aryl methyl sites for hydroxylation is 1. The van der Waals surface area contributed by atoms with Crippen LogP contribution in [0.2, 0.25) is 0 Å². The molecule has 2 heterocycles. The van der Waals surface area contributed by atoms with Crippen LogP contribution in [0.25, 0.3) is 11.4 Å². The van der Waals surface area contributed by atoms with Gasteiger partial charge >= 0.3 is 0 Å². The third kappa shape index (κ3) is 4.38. The second-order valence-electron chi connectivity index (χ2n) is 5.97. The van der Waals surface area contributed by atoms with E-state index in [1.165, 1.54) is 17.3 Å². The van der Waals surface area contributed by atoms with E-state index in [0.717, 1.165) is 35.1 Å². The molecule has 2 aromatic heterocycles. The Morgan fingerprint density at radius 1 is 1.12 bits per heavy atom. The van der Waals surface area contributed by atoms with Gasteiger partial charge in [0.2, 0.25) is 0 Å². The van der Waals surface area contributed by atoms with Crippen molar-refractivity contribution in [3.8, 4) is 11.4 Å². The van der Waals surface area contributed by atoms with Crippen molar-refractivity contribution < 1.29 is 4.79 Å². The average Bonchev–Trinajstić information content (AvgIpc) is 3.10. The number of Topliss-reactive ketones (excluding diaryl/α,β-unsaturated/α-hetero) is 1. The van der Waals surface area contributed by atoms with E-state index in [9.17, 15) is 4.79 Å². The van der Waals surface area contributed by atoms with Crippen LogP contribution in [-0.4, -0.2) is 31.3 Å². The highest BCUT2D eigenvalue weighted by molar-refractivity contribution is 7.99. The van der Waals surface area contributed by atoms with Crippen molar-refractivity contribution in [2.45, 2.75) is 38.4 Å². The molecule has 3 aromatic rings. The van der Waals surface area contributed by atoms with E-state index < -0.39 is 0 Å². The van der Waals surface area contributed by atoms with E-state index in [1.54, 1.807) is 12.4 Å². The second-order valence-corrected chi connectivity index (χ2v) is 6.91. The molecule has 0 saturated heterocycles. The molecule has 0 spiro atoms. The number of carbonyl (C=O) groups excluding carboxylic acids is 1. The lowest BCUT2D eigenvalue weighted by Crippen LogP contribution is -2.07. The first-order valence-electron chi connectivity index (χ1n) is 8.77. The smallest absolute Gasteiger partial charge is 0.191 e. The van der Waals surface area contributed by atoms with Crippen molar-refractivity contribution in [1.82, 2.24) is 19.7 Å². The Labute approximate surface area is 157 Å². The number of hydrogen-bond acceptors (Lipinski definition) is 5. The lowest BCUT2D eigenvalue weighted by molar-refractivity contribution is -0.116. The van der Waals surface area contributed by atoms with Gasteiger partial charge in [0, 0.05) is 30.9 Å². The lowest BCUT2D eigenvalue weighted by atomic mass is 10.1. The number of aromatic nitrogens is 4. The monoisotopic (exact) mass is 366 g/mol. The van der Waals surface area contributed by atoms with Crippen LogP contribution >= 0.6 is 11.8 Å². The molecule has 5 nitrogen and oxygen atoms in total. The Balaban J connectivity index is 1.66. The largest absolute Gasteiger partial charge is 0.302 e. The summed E-state index contributed by atoms with van der Waals surface area (Å²) >= 11 is 1.44.